The van der Waals surface area contributed by atoms with E-state index >= 15 is 0 Å². The molecule has 2 nitrogen and oxygen atoms in total. The molecule has 0 aliphatic heterocycles. The number of hydrogen-bond acceptors (Lipinski definition) is 1. The second-order valence-corrected chi connectivity index (χ2v) is 4.37. The van der Waals surface area contributed by atoms with E-state index in [-0.39, 0.29) is 0 Å². The lowest BCUT2D eigenvalue weighted by Crippen LogP contribution is -2.30. The first-order valence-electron chi connectivity index (χ1n) is 6.26. The van der Waals surface area contributed by atoms with Gasteiger partial charge in [-0.15, -0.1) is 11.8 Å². The maximum Gasteiger partial charge on any atom is 0.309 e. The van der Waals surface area contributed by atoms with E-state index in [1.165, 1.54) is 0 Å². The number of aliphatic carboxylic acids is 1. The molecular formula is C14H24O2. The molecule has 0 rings (SSSR count). The Morgan fingerprint density at radius 3 is 2.12 bits per heavy atom. The maximum atomic E-state index is 11.4. The van der Waals surface area contributed by atoms with Crippen LogP contribution in [0.3, 0.4) is 0 Å². The van der Waals surface area contributed by atoms with E-state index in [0.717, 1.165) is 44.9 Å². The Bertz CT molecular complexity index is 252. The van der Waals surface area contributed by atoms with E-state index in [1.807, 2.05) is 6.92 Å². The fourth-order valence-electron chi connectivity index (χ4n) is 2.29. The molecule has 0 radical (unpaired) electrons. The molecule has 0 atom stereocenters. The summed E-state index contributed by atoms with van der Waals surface area (Å²) in [7, 11) is 0. The lowest BCUT2D eigenvalue weighted by molar-refractivity contribution is -0.150. The molecule has 0 aromatic carbocycles. The quantitative estimate of drug-likeness (QED) is 0.502. The van der Waals surface area contributed by atoms with Crippen LogP contribution in [0.1, 0.15) is 65.7 Å². The molecule has 0 aromatic rings. The Morgan fingerprint density at radius 1 is 1.19 bits per heavy atom. The Hall–Kier alpha value is -0.970. The molecule has 0 fully saturated rings. The van der Waals surface area contributed by atoms with Crippen LogP contribution in [0.25, 0.3) is 0 Å². The van der Waals surface area contributed by atoms with Crippen LogP contribution >= 0.6 is 0 Å². The minimum absolute atomic E-state index is 0.501. The van der Waals surface area contributed by atoms with Crippen molar-refractivity contribution in [2.45, 2.75) is 65.7 Å². The zero-order chi connectivity index (χ0) is 12.4. The van der Waals surface area contributed by atoms with Crippen molar-refractivity contribution in [2.75, 3.05) is 0 Å². The van der Waals surface area contributed by atoms with Crippen LogP contribution in [0.2, 0.25) is 0 Å². The van der Waals surface area contributed by atoms with E-state index in [2.05, 4.69) is 25.7 Å². The van der Waals surface area contributed by atoms with Crippen LogP contribution in [0.15, 0.2) is 0 Å². The Labute approximate surface area is 99.4 Å². The van der Waals surface area contributed by atoms with Crippen LogP contribution in [-0.4, -0.2) is 11.1 Å². The van der Waals surface area contributed by atoms with Gasteiger partial charge in [0.05, 0.1) is 5.41 Å². The molecular weight excluding hydrogens is 200 g/mol. The van der Waals surface area contributed by atoms with Gasteiger partial charge in [0.25, 0.3) is 0 Å². The minimum atomic E-state index is -0.624. The van der Waals surface area contributed by atoms with Gasteiger partial charge in [-0.05, 0) is 32.6 Å². The molecule has 0 aromatic heterocycles. The summed E-state index contributed by atoms with van der Waals surface area (Å²) in [6.07, 6.45) is 5.92. The first-order chi connectivity index (χ1) is 7.63. The average molecular weight is 224 g/mol. The van der Waals surface area contributed by atoms with Gasteiger partial charge in [0.2, 0.25) is 0 Å². The fourth-order valence-corrected chi connectivity index (χ4v) is 2.29. The Morgan fingerprint density at radius 2 is 1.75 bits per heavy atom. The van der Waals surface area contributed by atoms with Gasteiger partial charge in [0.1, 0.15) is 0 Å². The van der Waals surface area contributed by atoms with Crippen molar-refractivity contribution in [3.8, 4) is 11.8 Å². The molecule has 0 amide bonds. The largest absolute Gasteiger partial charge is 0.481 e. The monoisotopic (exact) mass is 224 g/mol. The summed E-state index contributed by atoms with van der Waals surface area (Å²) in [4.78, 5) is 11.4. The highest BCUT2D eigenvalue weighted by atomic mass is 16.4. The van der Waals surface area contributed by atoms with Gasteiger partial charge in [0.15, 0.2) is 0 Å². The van der Waals surface area contributed by atoms with E-state index in [4.69, 9.17) is 0 Å². The summed E-state index contributed by atoms with van der Waals surface area (Å²) in [5, 5.41) is 9.41. The zero-order valence-electron chi connectivity index (χ0n) is 10.8. The van der Waals surface area contributed by atoms with Crippen LogP contribution in [0.5, 0.6) is 0 Å². The second kappa shape index (κ2) is 8.21. The molecule has 0 saturated carbocycles. The zero-order valence-corrected chi connectivity index (χ0v) is 10.8. The van der Waals surface area contributed by atoms with Crippen LogP contribution in [0.4, 0.5) is 0 Å². The van der Waals surface area contributed by atoms with Crippen molar-refractivity contribution < 1.29 is 9.90 Å². The number of carbonyl (C=O) groups is 1. The van der Waals surface area contributed by atoms with Crippen LogP contribution < -0.4 is 0 Å². The number of hydrogen-bond donors (Lipinski definition) is 1. The Balaban J connectivity index is 4.45. The molecule has 0 saturated heterocycles. The molecule has 2 heteroatoms. The van der Waals surface area contributed by atoms with Crippen molar-refractivity contribution in [3.05, 3.63) is 0 Å². The molecule has 1 N–H and O–H groups in total. The number of rotatable bonds is 8. The topological polar surface area (TPSA) is 37.3 Å². The summed E-state index contributed by atoms with van der Waals surface area (Å²) in [6.45, 7) is 5.93. The third kappa shape index (κ3) is 4.70. The van der Waals surface area contributed by atoms with Crippen molar-refractivity contribution >= 4 is 5.97 Å². The van der Waals surface area contributed by atoms with Gasteiger partial charge in [-0.3, -0.25) is 4.79 Å². The van der Waals surface area contributed by atoms with E-state index < -0.39 is 11.4 Å². The third-order valence-electron chi connectivity index (χ3n) is 3.04. The first-order valence-corrected chi connectivity index (χ1v) is 6.26. The maximum absolute atomic E-state index is 11.4. The molecule has 0 aliphatic carbocycles. The minimum Gasteiger partial charge on any atom is -0.481 e. The van der Waals surface area contributed by atoms with Gasteiger partial charge >= 0.3 is 5.97 Å². The highest BCUT2D eigenvalue weighted by Crippen LogP contribution is 2.35. The highest BCUT2D eigenvalue weighted by molar-refractivity contribution is 5.74. The van der Waals surface area contributed by atoms with E-state index in [0.29, 0.717) is 0 Å². The van der Waals surface area contributed by atoms with E-state index in [1.54, 1.807) is 0 Å². The summed E-state index contributed by atoms with van der Waals surface area (Å²) in [5.74, 6) is 5.23. The van der Waals surface area contributed by atoms with Crippen molar-refractivity contribution in [1.29, 1.82) is 0 Å². The predicted octanol–water partition coefficient (Wildman–Crippen LogP) is 3.85. The standard InChI is InChI=1S/C14H24O2/c1-4-7-8-9-12-14(10-5-2,11-6-3)13(15)16/h5-6,8-12H2,1-3H3,(H,15,16). The van der Waals surface area contributed by atoms with Crippen LogP contribution in [-0.2, 0) is 4.79 Å². The first kappa shape index (κ1) is 15.0. The van der Waals surface area contributed by atoms with Gasteiger partial charge in [-0.25, -0.2) is 0 Å². The summed E-state index contributed by atoms with van der Waals surface area (Å²) in [5.41, 5.74) is -0.501. The van der Waals surface area contributed by atoms with Gasteiger partial charge in [-0.2, -0.15) is 0 Å². The average Bonchev–Trinajstić information content (AvgIpc) is 2.24. The molecule has 0 aliphatic rings. The molecule has 0 bridgehead atoms. The SMILES string of the molecule is CC#CCCCC(CCC)(CCC)C(=O)O. The summed E-state index contributed by atoms with van der Waals surface area (Å²) in [6, 6.07) is 0. The number of carboxylic acids is 1. The highest BCUT2D eigenvalue weighted by Gasteiger charge is 2.35. The molecule has 0 spiro atoms. The molecule has 92 valence electrons. The van der Waals surface area contributed by atoms with Gasteiger partial charge in [0, 0.05) is 6.42 Å². The number of carboxylic acid groups (broad SMARTS) is 1. The number of unbranched alkanes of at least 4 members (excludes halogenated alkanes) is 1. The normalized spacial score (nSPS) is 10.7. The second-order valence-electron chi connectivity index (χ2n) is 4.37. The van der Waals surface area contributed by atoms with Crippen molar-refractivity contribution in [3.63, 3.8) is 0 Å². The third-order valence-corrected chi connectivity index (χ3v) is 3.04. The molecule has 0 heterocycles. The molecule has 0 unspecified atom stereocenters. The lowest BCUT2D eigenvalue weighted by Gasteiger charge is -2.28. The smallest absolute Gasteiger partial charge is 0.309 e. The molecule has 16 heavy (non-hydrogen) atoms. The lowest BCUT2D eigenvalue weighted by atomic mass is 9.75. The van der Waals surface area contributed by atoms with Gasteiger partial charge < -0.3 is 5.11 Å². The summed E-state index contributed by atoms with van der Waals surface area (Å²) >= 11 is 0. The van der Waals surface area contributed by atoms with Gasteiger partial charge in [-0.1, -0.05) is 26.7 Å². The summed E-state index contributed by atoms with van der Waals surface area (Å²) < 4.78 is 0. The van der Waals surface area contributed by atoms with Crippen LogP contribution in [0, 0.1) is 17.3 Å². The van der Waals surface area contributed by atoms with E-state index in [9.17, 15) is 9.90 Å². The van der Waals surface area contributed by atoms with Crippen molar-refractivity contribution in [2.24, 2.45) is 5.41 Å². The Kier molecular flexibility index (Phi) is 7.72. The fraction of sp³-hybridized carbons (Fsp3) is 0.786. The van der Waals surface area contributed by atoms with Crippen molar-refractivity contribution in [1.82, 2.24) is 0 Å². The predicted molar refractivity (Wildman–Crippen MR) is 67.2 cm³/mol.